The van der Waals surface area contributed by atoms with Crippen molar-refractivity contribution in [3.8, 4) is 0 Å². The molecule has 5 nitrogen and oxygen atoms in total. The number of hydrogen-bond donors (Lipinski definition) is 1. The fraction of sp³-hybridized carbons (Fsp3) is 0.321. The zero-order valence-electron chi connectivity index (χ0n) is 19.8. The molecule has 1 amide bonds. The average molecular weight is 477 g/mol. The minimum atomic E-state index is -3.92. The van der Waals surface area contributed by atoms with Crippen LogP contribution in [-0.2, 0) is 34.1 Å². The van der Waals surface area contributed by atoms with E-state index in [0.717, 1.165) is 24.0 Å². The molecule has 0 bridgehead atoms. The largest absolute Gasteiger partial charge is 0.348 e. The molecule has 0 saturated heterocycles. The van der Waals surface area contributed by atoms with Gasteiger partial charge in [-0.15, -0.1) is 0 Å². The summed E-state index contributed by atoms with van der Waals surface area (Å²) in [6.07, 6.45) is 5.26. The topological polar surface area (TPSA) is 66.5 Å². The molecule has 1 N–H and O–H groups in total. The van der Waals surface area contributed by atoms with Gasteiger partial charge in [0.2, 0.25) is 5.91 Å². The fourth-order valence-corrected chi connectivity index (χ4v) is 6.08. The summed E-state index contributed by atoms with van der Waals surface area (Å²) in [5.41, 5.74) is 5.20. The van der Waals surface area contributed by atoms with Crippen LogP contribution in [0.1, 0.15) is 55.0 Å². The van der Waals surface area contributed by atoms with E-state index in [2.05, 4.69) is 23.5 Å². The first-order chi connectivity index (χ1) is 16.4. The summed E-state index contributed by atoms with van der Waals surface area (Å²) >= 11 is 0. The lowest BCUT2D eigenvalue weighted by molar-refractivity contribution is -0.120. The zero-order valence-corrected chi connectivity index (χ0v) is 20.6. The number of nitrogens with one attached hydrogen (secondary N) is 1. The van der Waals surface area contributed by atoms with Gasteiger partial charge in [-0.05, 0) is 79.5 Å². The number of nitrogens with zero attached hydrogens (tertiary/aromatic N) is 1. The van der Waals surface area contributed by atoms with Gasteiger partial charge in [0.15, 0.2) is 0 Å². The SMILES string of the molecule is CCc1ccccc1N(CC(=O)NC(C)c1ccc2c(c1)CCCC2)S(=O)(=O)c1ccccc1. The molecule has 1 unspecified atom stereocenters. The number of hydrogen-bond acceptors (Lipinski definition) is 3. The normalized spacial score (nSPS) is 14.2. The Hall–Kier alpha value is -3.12. The quantitative estimate of drug-likeness (QED) is 0.486. The van der Waals surface area contributed by atoms with Crippen LogP contribution in [0.15, 0.2) is 77.7 Å². The Labute approximate surface area is 202 Å². The first-order valence-electron chi connectivity index (χ1n) is 12.0. The molecular weight excluding hydrogens is 444 g/mol. The van der Waals surface area contributed by atoms with Crippen LogP contribution >= 0.6 is 0 Å². The van der Waals surface area contributed by atoms with E-state index >= 15 is 0 Å². The number of anilines is 1. The molecule has 0 aromatic heterocycles. The summed E-state index contributed by atoms with van der Waals surface area (Å²) in [5, 5.41) is 3.02. The highest BCUT2D eigenvalue weighted by molar-refractivity contribution is 7.92. The second-order valence-electron chi connectivity index (χ2n) is 8.83. The molecule has 34 heavy (non-hydrogen) atoms. The van der Waals surface area contributed by atoms with E-state index in [1.165, 1.54) is 28.3 Å². The van der Waals surface area contributed by atoms with Crippen molar-refractivity contribution in [2.24, 2.45) is 0 Å². The minimum absolute atomic E-state index is 0.163. The fourth-order valence-electron chi connectivity index (χ4n) is 4.60. The minimum Gasteiger partial charge on any atom is -0.348 e. The van der Waals surface area contributed by atoms with Crippen molar-refractivity contribution in [3.05, 3.63) is 95.1 Å². The Kier molecular flexibility index (Phi) is 7.37. The molecule has 0 saturated carbocycles. The highest BCUT2D eigenvalue weighted by Crippen LogP contribution is 2.28. The number of sulfonamides is 1. The van der Waals surface area contributed by atoms with Crippen molar-refractivity contribution in [1.29, 1.82) is 0 Å². The van der Waals surface area contributed by atoms with Crippen molar-refractivity contribution in [3.63, 3.8) is 0 Å². The maximum absolute atomic E-state index is 13.6. The van der Waals surface area contributed by atoms with Crippen LogP contribution in [0.2, 0.25) is 0 Å². The lowest BCUT2D eigenvalue weighted by Gasteiger charge is -2.27. The molecule has 1 atom stereocenters. The van der Waals surface area contributed by atoms with Crippen LogP contribution in [-0.4, -0.2) is 20.9 Å². The summed E-state index contributed by atoms with van der Waals surface area (Å²) in [6.45, 7) is 3.63. The lowest BCUT2D eigenvalue weighted by atomic mass is 9.89. The Balaban J connectivity index is 1.59. The molecule has 6 heteroatoms. The molecule has 0 radical (unpaired) electrons. The van der Waals surface area contributed by atoms with Crippen LogP contribution in [0.25, 0.3) is 0 Å². The number of carbonyl (C=O) groups is 1. The van der Waals surface area contributed by atoms with Crippen molar-refractivity contribution < 1.29 is 13.2 Å². The lowest BCUT2D eigenvalue weighted by Crippen LogP contribution is -2.42. The van der Waals surface area contributed by atoms with Crippen LogP contribution in [0.3, 0.4) is 0 Å². The first kappa shape index (κ1) is 24.0. The maximum atomic E-state index is 13.6. The van der Waals surface area contributed by atoms with Gasteiger partial charge in [0, 0.05) is 0 Å². The van der Waals surface area contributed by atoms with E-state index in [4.69, 9.17) is 0 Å². The molecule has 3 aromatic carbocycles. The summed E-state index contributed by atoms with van der Waals surface area (Å²) in [4.78, 5) is 13.3. The Morgan fingerprint density at radius 3 is 2.35 bits per heavy atom. The van der Waals surface area contributed by atoms with Crippen LogP contribution in [0.5, 0.6) is 0 Å². The average Bonchev–Trinajstić information content (AvgIpc) is 2.87. The van der Waals surface area contributed by atoms with Gasteiger partial charge in [-0.25, -0.2) is 8.42 Å². The van der Waals surface area contributed by atoms with E-state index in [1.54, 1.807) is 42.5 Å². The third kappa shape index (κ3) is 5.17. The number of aryl methyl sites for hydroxylation is 3. The third-order valence-electron chi connectivity index (χ3n) is 6.51. The van der Waals surface area contributed by atoms with Gasteiger partial charge in [0.1, 0.15) is 6.54 Å². The van der Waals surface area contributed by atoms with E-state index in [0.29, 0.717) is 12.1 Å². The first-order valence-corrected chi connectivity index (χ1v) is 13.4. The standard InChI is InChI=1S/C28H32N2O3S/c1-3-22-11-9-10-16-27(22)30(34(32,33)26-14-5-4-6-15-26)20-28(31)29-21(2)24-18-17-23-12-7-8-13-25(23)19-24/h4-6,9-11,14-19,21H,3,7-8,12-13,20H2,1-2H3,(H,29,31). The van der Waals surface area contributed by atoms with E-state index in [-0.39, 0.29) is 23.4 Å². The molecule has 0 heterocycles. The van der Waals surface area contributed by atoms with Crippen molar-refractivity contribution in [2.45, 2.75) is 56.9 Å². The van der Waals surface area contributed by atoms with Crippen LogP contribution < -0.4 is 9.62 Å². The summed E-state index contributed by atoms with van der Waals surface area (Å²) in [6, 6.07) is 21.8. The monoisotopic (exact) mass is 476 g/mol. The van der Waals surface area contributed by atoms with Crippen LogP contribution in [0.4, 0.5) is 5.69 Å². The van der Waals surface area contributed by atoms with E-state index in [9.17, 15) is 13.2 Å². The highest BCUT2D eigenvalue weighted by Gasteiger charge is 2.29. The smallest absolute Gasteiger partial charge is 0.264 e. The van der Waals surface area contributed by atoms with Crippen molar-refractivity contribution in [2.75, 3.05) is 10.8 Å². The van der Waals surface area contributed by atoms with E-state index < -0.39 is 10.0 Å². The molecular formula is C28H32N2O3S. The zero-order chi connectivity index (χ0) is 24.1. The second kappa shape index (κ2) is 10.4. The number of amides is 1. The molecule has 0 aliphatic heterocycles. The van der Waals surface area contributed by atoms with Crippen LogP contribution in [0, 0.1) is 0 Å². The second-order valence-corrected chi connectivity index (χ2v) is 10.7. The molecule has 1 aliphatic carbocycles. The Morgan fingerprint density at radius 2 is 1.62 bits per heavy atom. The number of para-hydroxylation sites is 1. The van der Waals surface area contributed by atoms with Gasteiger partial charge in [-0.3, -0.25) is 9.10 Å². The Bertz CT molecular complexity index is 1260. The Morgan fingerprint density at radius 1 is 0.941 bits per heavy atom. The molecule has 3 aromatic rings. The van der Waals surface area contributed by atoms with Gasteiger partial charge in [0.25, 0.3) is 10.0 Å². The van der Waals surface area contributed by atoms with Gasteiger partial charge >= 0.3 is 0 Å². The molecule has 0 fully saturated rings. The van der Waals surface area contributed by atoms with Gasteiger partial charge < -0.3 is 5.32 Å². The molecule has 1 aliphatic rings. The van der Waals surface area contributed by atoms with Gasteiger partial charge in [-0.2, -0.15) is 0 Å². The van der Waals surface area contributed by atoms with Gasteiger partial charge in [0.05, 0.1) is 16.6 Å². The highest BCUT2D eigenvalue weighted by atomic mass is 32.2. The molecule has 0 spiro atoms. The summed E-state index contributed by atoms with van der Waals surface area (Å²) < 4.78 is 28.4. The summed E-state index contributed by atoms with van der Waals surface area (Å²) in [7, 11) is -3.92. The maximum Gasteiger partial charge on any atom is 0.264 e. The number of carbonyl (C=O) groups excluding carboxylic acids is 1. The summed E-state index contributed by atoms with van der Waals surface area (Å²) in [5.74, 6) is -0.337. The molecule has 178 valence electrons. The number of rotatable bonds is 8. The van der Waals surface area contributed by atoms with Crippen molar-refractivity contribution >= 4 is 21.6 Å². The van der Waals surface area contributed by atoms with E-state index in [1.807, 2.05) is 26.0 Å². The van der Waals surface area contributed by atoms with Crippen molar-refractivity contribution in [1.82, 2.24) is 5.32 Å². The van der Waals surface area contributed by atoms with Gasteiger partial charge in [-0.1, -0.05) is 61.5 Å². The molecule has 4 rings (SSSR count). The predicted octanol–water partition coefficient (Wildman–Crippen LogP) is 5.20. The predicted molar refractivity (Wildman–Crippen MR) is 136 cm³/mol. The third-order valence-corrected chi connectivity index (χ3v) is 8.28. The number of fused-ring (bicyclic) bond motifs is 1. The number of benzene rings is 3.